The van der Waals surface area contributed by atoms with Crippen LogP contribution in [0.2, 0.25) is 5.02 Å². The predicted octanol–water partition coefficient (Wildman–Crippen LogP) is 4.34. The molecule has 0 saturated carbocycles. The Bertz CT molecular complexity index is 783. The van der Waals surface area contributed by atoms with Gasteiger partial charge in [0.1, 0.15) is 5.82 Å². The Kier molecular flexibility index (Phi) is 3.86. The molecule has 1 N–H and O–H groups in total. The van der Waals surface area contributed by atoms with Crippen LogP contribution in [0, 0.1) is 5.82 Å². The molecule has 3 rings (SSSR count). The summed E-state index contributed by atoms with van der Waals surface area (Å²) in [5, 5.41) is 5.38. The summed E-state index contributed by atoms with van der Waals surface area (Å²) in [6, 6.07) is 12.7. The fraction of sp³-hybridized carbons (Fsp3) is 0.118. The molecule has 1 atom stereocenters. The van der Waals surface area contributed by atoms with Crippen molar-refractivity contribution in [3.8, 4) is 0 Å². The zero-order valence-corrected chi connectivity index (χ0v) is 12.2. The molecule has 0 spiro atoms. The van der Waals surface area contributed by atoms with E-state index in [1.54, 1.807) is 30.6 Å². The van der Waals surface area contributed by atoms with Crippen LogP contribution >= 0.6 is 11.6 Å². The van der Waals surface area contributed by atoms with Gasteiger partial charge < -0.3 is 5.32 Å². The van der Waals surface area contributed by atoms with Crippen LogP contribution in [0.1, 0.15) is 17.2 Å². The van der Waals surface area contributed by atoms with Gasteiger partial charge in [-0.15, -0.1) is 0 Å². The average Bonchev–Trinajstić information content (AvgIpc) is 2.52. The van der Waals surface area contributed by atoms with Gasteiger partial charge in [-0.25, -0.2) is 4.39 Å². The van der Waals surface area contributed by atoms with Gasteiger partial charge in [-0.2, -0.15) is 0 Å². The van der Waals surface area contributed by atoms with Crippen LogP contribution in [-0.2, 0) is 0 Å². The number of hydrogen-bond donors (Lipinski definition) is 1. The number of halogens is 2. The minimum Gasteiger partial charge on any atom is -0.309 e. The summed E-state index contributed by atoms with van der Waals surface area (Å²) < 4.78 is 14.3. The molecule has 0 aliphatic rings. The number of benzene rings is 2. The molecule has 3 aromatic rings. The highest BCUT2D eigenvalue weighted by Crippen LogP contribution is 2.31. The van der Waals surface area contributed by atoms with Gasteiger partial charge in [0, 0.05) is 23.3 Å². The van der Waals surface area contributed by atoms with Gasteiger partial charge in [0.15, 0.2) is 0 Å². The molecule has 1 unspecified atom stereocenters. The standard InChI is InChI=1S/C17H14ClFN2/c1-20-17(14-6-3-7-15(18)16(14)19)13-5-2-4-11-10-21-9-8-12(11)13/h2-10,17,20H,1H3. The van der Waals surface area contributed by atoms with Crippen molar-refractivity contribution in [2.24, 2.45) is 0 Å². The molecule has 106 valence electrons. The number of rotatable bonds is 3. The molecular formula is C17H14ClFN2. The van der Waals surface area contributed by atoms with Gasteiger partial charge in [-0.3, -0.25) is 4.98 Å². The average molecular weight is 301 g/mol. The molecule has 1 aromatic heterocycles. The number of hydrogen-bond acceptors (Lipinski definition) is 2. The number of nitrogens with zero attached hydrogens (tertiary/aromatic N) is 1. The molecular weight excluding hydrogens is 287 g/mol. The van der Waals surface area contributed by atoms with Crippen LogP contribution in [-0.4, -0.2) is 12.0 Å². The Morgan fingerprint density at radius 3 is 2.67 bits per heavy atom. The highest BCUT2D eigenvalue weighted by atomic mass is 35.5. The van der Waals surface area contributed by atoms with Gasteiger partial charge >= 0.3 is 0 Å². The van der Waals surface area contributed by atoms with E-state index in [2.05, 4.69) is 10.3 Å². The predicted molar refractivity (Wildman–Crippen MR) is 84.1 cm³/mol. The van der Waals surface area contributed by atoms with E-state index in [1.807, 2.05) is 31.3 Å². The van der Waals surface area contributed by atoms with Crippen LogP contribution in [0.15, 0.2) is 54.9 Å². The lowest BCUT2D eigenvalue weighted by atomic mass is 9.94. The smallest absolute Gasteiger partial charge is 0.146 e. The lowest BCUT2D eigenvalue weighted by Crippen LogP contribution is -2.19. The largest absolute Gasteiger partial charge is 0.309 e. The van der Waals surface area contributed by atoms with Gasteiger partial charge in [0.2, 0.25) is 0 Å². The number of nitrogens with one attached hydrogen (secondary N) is 1. The van der Waals surface area contributed by atoms with Crippen molar-refractivity contribution in [1.29, 1.82) is 0 Å². The second kappa shape index (κ2) is 5.80. The van der Waals surface area contributed by atoms with E-state index in [4.69, 9.17) is 11.6 Å². The summed E-state index contributed by atoms with van der Waals surface area (Å²) in [5.74, 6) is -0.385. The van der Waals surface area contributed by atoms with Crippen molar-refractivity contribution in [3.05, 3.63) is 76.8 Å². The third kappa shape index (κ3) is 2.50. The maximum atomic E-state index is 14.3. The Morgan fingerprint density at radius 2 is 1.86 bits per heavy atom. The quantitative estimate of drug-likeness (QED) is 0.778. The Balaban J connectivity index is 2.21. The molecule has 0 fully saturated rings. The zero-order chi connectivity index (χ0) is 14.8. The first kappa shape index (κ1) is 14.0. The molecule has 0 amide bonds. The second-order valence-electron chi connectivity index (χ2n) is 4.81. The van der Waals surface area contributed by atoms with Crippen LogP contribution < -0.4 is 5.32 Å². The van der Waals surface area contributed by atoms with Crippen molar-refractivity contribution in [2.45, 2.75) is 6.04 Å². The highest BCUT2D eigenvalue weighted by Gasteiger charge is 2.19. The molecule has 2 nitrogen and oxygen atoms in total. The summed E-state index contributed by atoms with van der Waals surface area (Å²) in [7, 11) is 1.81. The highest BCUT2D eigenvalue weighted by molar-refractivity contribution is 6.30. The maximum Gasteiger partial charge on any atom is 0.146 e. The molecule has 0 saturated heterocycles. The molecule has 21 heavy (non-hydrogen) atoms. The molecule has 1 heterocycles. The molecule has 0 bridgehead atoms. The normalized spacial score (nSPS) is 12.5. The number of aromatic nitrogens is 1. The first-order valence-corrected chi connectivity index (χ1v) is 7.04. The van der Waals surface area contributed by atoms with E-state index in [9.17, 15) is 4.39 Å². The Hall–Kier alpha value is -1.97. The monoisotopic (exact) mass is 300 g/mol. The van der Waals surface area contributed by atoms with Gasteiger partial charge in [0.25, 0.3) is 0 Å². The third-order valence-corrected chi connectivity index (χ3v) is 3.90. The lowest BCUT2D eigenvalue weighted by molar-refractivity contribution is 0.578. The Morgan fingerprint density at radius 1 is 1.10 bits per heavy atom. The van der Waals surface area contributed by atoms with E-state index in [0.717, 1.165) is 16.3 Å². The summed E-state index contributed by atoms with van der Waals surface area (Å²) in [6.45, 7) is 0. The lowest BCUT2D eigenvalue weighted by Gasteiger charge is -2.20. The minimum atomic E-state index is -0.385. The topological polar surface area (TPSA) is 24.9 Å². The minimum absolute atomic E-state index is 0.134. The maximum absolute atomic E-state index is 14.3. The van der Waals surface area contributed by atoms with Crippen molar-refractivity contribution < 1.29 is 4.39 Å². The first-order chi connectivity index (χ1) is 10.2. The van der Waals surface area contributed by atoms with Crippen molar-refractivity contribution in [2.75, 3.05) is 7.05 Å². The van der Waals surface area contributed by atoms with Crippen LogP contribution in [0.4, 0.5) is 4.39 Å². The molecule has 0 aliphatic heterocycles. The van der Waals surface area contributed by atoms with Crippen molar-refractivity contribution in [3.63, 3.8) is 0 Å². The van der Waals surface area contributed by atoms with Gasteiger partial charge in [-0.1, -0.05) is 41.9 Å². The van der Waals surface area contributed by atoms with Crippen LogP contribution in [0.25, 0.3) is 10.8 Å². The van der Waals surface area contributed by atoms with Crippen LogP contribution in [0.5, 0.6) is 0 Å². The summed E-state index contributed by atoms with van der Waals surface area (Å²) in [6.07, 6.45) is 3.55. The summed E-state index contributed by atoms with van der Waals surface area (Å²) in [5.41, 5.74) is 1.54. The van der Waals surface area contributed by atoms with E-state index in [1.165, 1.54) is 0 Å². The molecule has 2 aromatic carbocycles. The number of pyridine rings is 1. The summed E-state index contributed by atoms with van der Waals surface area (Å²) in [4.78, 5) is 4.13. The van der Waals surface area contributed by atoms with E-state index in [0.29, 0.717) is 5.56 Å². The SMILES string of the molecule is CNC(c1cccc(Cl)c1F)c1cccc2cnccc12. The Labute approximate surface area is 127 Å². The van der Waals surface area contributed by atoms with E-state index in [-0.39, 0.29) is 16.9 Å². The van der Waals surface area contributed by atoms with Crippen molar-refractivity contribution in [1.82, 2.24) is 10.3 Å². The number of fused-ring (bicyclic) bond motifs is 1. The summed E-state index contributed by atoms with van der Waals surface area (Å²) >= 11 is 5.91. The molecule has 0 aliphatic carbocycles. The second-order valence-corrected chi connectivity index (χ2v) is 5.22. The van der Waals surface area contributed by atoms with Gasteiger partial charge in [0.05, 0.1) is 11.1 Å². The van der Waals surface area contributed by atoms with Gasteiger partial charge in [-0.05, 0) is 30.1 Å². The zero-order valence-electron chi connectivity index (χ0n) is 11.5. The fourth-order valence-corrected chi connectivity index (χ4v) is 2.80. The first-order valence-electron chi connectivity index (χ1n) is 6.66. The molecule has 4 heteroatoms. The van der Waals surface area contributed by atoms with E-state index >= 15 is 0 Å². The third-order valence-electron chi connectivity index (χ3n) is 3.61. The van der Waals surface area contributed by atoms with E-state index < -0.39 is 0 Å². The molecule has 0 radical (unpaired) electrons. The van der Waals surface area contributed by atoms with Crippen LogP contribution in [0.3, 0.4) is 0 Å². The van der Waals surface area contributed by atoms with Crippen molar-refractivity contribution >= 4 is 22.4 Å². The fourth-order valence-electron chi connectivity index (χ4n) is 2.62.